The number of nitrogens with zero attached hydrogens (tertiary/aromatic N) is 3. The number of hydrogen-bond acceptors (Lipinski definition) is 4. The first-order chi connectivity index (χ1) is 8.17. The molecule has 96 valence electrons. The minimum atomic E-state index is 0.712. The van der Waals surface area contributed by atoms with Crippen LogP contribution in [0.25, 0.3) is 0 Å². The van der Waals surface area contributed by atoms with Gasteiger partial charge in [-0.2, -0.15) is 0 Å². The molecule has 0 aromatic carbocycles. The van der Waals surface area contributed by atoms with E-state index in [2.05, 4.69) is 27.7 Å². The highest BCUT2D eigenvalue weighted by molar-refractivity contribution is 7.09. The minimum Gasteiger partial charge on any atom is -0.339 e. The molecule has 17 heavy (non-hydrogen) atoms. The van der Waals surface area contributed by atoms with Crippen molar-refractivity contribution in [2.24, 2.45) is 10.8 Å². The van der Waals surface area contributed by atoms with Crippen molar-refractivity contribution in [2.45, 2.75) is 33.2 Å². The largest absolute Gasteiger partial charge is 0.339 e. The lowest BCUT2D eigenvalue weighted by Gasteiger charge is -2.19. The van der Waals surface area contributed by atoms with Gasteiger partial charge in [0.2, 0.25) is 5.96 Å². The fourth-order valence-corrected chi connectivity index (χ4v) is 2.02. The van der Waals surface area contributed by atoms with E-state index in [1.165, 1.54) is 0 Å². The zero-order chi connectivity index (χ0) is 12.7. The topological polar surface area (TPSA) is 66.5 Å². The Hall–Kier alpha value is -1.14. The first kappa shape index (κ1) is 13.9. The smallest absolute Gasteiger partial charge is 0.208 e. The van der Waals surface area contributed by atoms with Gasteiger partial charge in [0.25, 0.3) is 0 Å². The third-order valence-electron chi connectivity index (χ3n) is 2.33. The van der Waals surface area contributed by atoms with Gasteiger partial charge in [0.15, 0.2) is 0 Å². The molecule has 0 atom stereocenters. The van der Waals surface area contributed by atoms with Gasteiger partial charge in [-0.25, -0.2) is 10.8 Å². The van der Waals surface area contributed by atoms with Gasteiger partial charge in [0, 0.05) is 19.0 Å². The lowest BCUT2D eigenvalue weighted by atomic mass is 10.3. The van der Waals surface area contributed by atoms with E-state index >= 15 is 0 Å². The predicted octanol–water partition coefficient (Wildman–Crippen LogP) is 1.50. The highest BCUT2D eigenvalue weighted by Gasteiger charge is 2.07. The predicted molar refractivity (Wildman–Crippen MR) is 72.9 cm³/mol. The van der Waals surface area contributed by atoms with Gasteiger partial charge in [-0.3, -0.25) is 10.4 Å². The maximum atomic E-state index is 5.47. The summed E-state index contributed by atoms with van der Waals surface area (Å²) in [5.41, 5.74) is 3.69. The molecule has 0 aliphatic rings. The highest BCUT2D eigenvalue weighted by Crippen LogP contribution is 2.09. The van der Waals surface area contributed by atoms with Crippen LogP contribution < -0.4 is 11.3 Å². The van der Waals surface area contributed by atoms with Crippen LogP contribution in [-0.2, 0) is 6.54 Å². The maximum absolute atomic E-state index is 5.47. The summed E-state index contributed by atoms with van der Waals surface area (Å²) in [6.07, 6.45) is 2.21. The molecule has 3 N–H and O–H groups in total. The Balaban J connectivity index is 2.54. The zero-order valence-electron chi connectivity index (χ0n) is 10.7. The second-order valence-electron chi connectivity index (χ2n) is 3.92. The van der Waals surface area contributed by atoms with Crippen molar-refractivity contribution < 1.29 is 0 Å². The minimum absolute atomic E-state index is 0.712. The number of unbranched alkanes of at least 4 members (excludes halogenated alkanes) is 1. The number of rotatable bonds is 5. The Morgan fingerprint density at radius 1 is 1.65 bits per heavy atom. The molecule has 6 heteroatoms. The van der Waals surface area contributed by atoms with Gasteiger partial charge in [-0.1, -0.05) is 13.3 Å². The summed E-state index contributed by atoms with van der Waals surface area (Å²) in [6, 6.07) is 0. The first-order valence-electron chi connectivity index (χ1n) is 5.80. The Morgan fingerprint density at radius 3 is 2.94 bits per heavy atom. The van der Waals surface area contributed by atoms with E-state index in [1.54, 1.807) is 11.3 Å². The number of guanidine groups is 1. The van der Waals surface area contributed by atoms with E-state index in [4.69, 9.17) is 5.84 Å². The fourth-order valence-electron chi connectivity index (χ4n) is 1.42. The SMILES string of the molecule is CCCCN=C(NN)N(C)Cc1csc(C)n1. The van der Waals surface area contributed by atoms with Crippen LogP contribution in [0.15, 0.2) is 10.4 Å². The fraction of sp³-hybridized carbons (Fsp3) is 0.636. The lowest BCUT2D eigenvalue weighted by molar-refractivity contribution is 0.470. The third-order valence-corrected chi connectivity index (χ3v) is 3.15. The maximum Gasteiger partial charge on any atom is 0.208 e. The monoisotopic (exact) mass is 255 g/mol. The molecule has 0 aliphatic heterocycles. The summed E-state index contributed by atoms with van der Waals surface area (Å²) >= 11 is 1.66. The summed E-state index contributed by atoms with van der Waals surface area (Å²) in [7, 11) is 1.96. The Morgan fingerprint density at radius 2 is 2.41 bits per heavy atom. The number of nitrogens with two attached hydrogens (primary N) is 1. The van der Waals surface area contributed by atoms with Crippen molar-refractivity contribution >= 4 is 17.3 Å². The molecule has 0 bridgehead atoms. The summed E-state index contributed by atoms with van der Waals surface area (Å²) in [6.45, 7) is 5.67. The second kappa shape index (κ2) is 7.24. The Labute approximate surface area is 107 Å². The molecule has 0 saturated heterocycles. The molecular formula is C11H21N5S. The summed E-state index contributed by atoms with van der Waals surface area (Å²) in [5, 5.41) is 3.14. The van der Waals surface area contributed by atoms with Gasteiger partial charge in [-0.05, 0) is 13.3 Å². The number of nitrogens with one attached hydrogen (secondary N) is 1. The van der Waals surface area contributed by atoms with E-state index in [1.807, 2.05) is 18.9 Å². The molecule has 0 aliphatic carbocycles. The van der Waals surface area contributed by atoms with Gasteiger partial charge in [0.1, 0.15) is 0 Å². The van der Waals surface area contributed by atoms with Gasteiger partial charge in [0.05, 0.1) is 17.2 Å². The van der Waals surface area contributed by atoms with Crippen LogP contribution in [0.4, 0.5) is 0 Å². The van der Waals surface area contributed by atoms with E-state index in [-0.39, 0.29) is 0 Å². The van der Waals surface area contributed by atoms with Crippen LogP contribution in [0.3, 0.4) is 0 Å². The Bertz CT molecular complexity index is 360. The molecule has 5 nitrogen and oxygen atoms in total. The molecule has 1 heterocycles. The first-order valence-corrected chi connectivity index (χ1v) is 6.68. The van der Waals surface area contributed by atoms with Crippen LogP contribution in [-0.4, -0.2) is 29.4 Å². The standard InChI is InChI=1S/C11H21N5S/c1-4-5-6-13-11(15-12)16(3)7-10-8-17-9(2)14-10/h8H,4-7,12H2,1-3H3,(H,13,15). The van der Waals surface area contributed by atoms with Crippen LogP contribution in [0, 0.1) is 6.92 Å². The second-order valence-corrected chi connectivity index (χ2v) is 4.98. The van der Waals surface area contributed by atoms with E-state index in [0.29, 0.717) is 5.96 Å². The van der Waals surface area contributed by atoms with E-state index in [0.717, 1.165) is 36.6 Å². The number of aliphatic imine (C=N–C) groups is 1. The summed E-state index contributed by atoms with van der Waals surface area (Å²) in [5.74, 6) is 6.19. The van der Waals surface area contributed by atoms with Crippen molar-refractivity contribution in [3.05, 3.63) is 16.1 Å². The van der Waals surface area contributed by atoms with Gasteiger partial charge < -0.3 is 4.90 Å². The Kier molecular flexibility index (Phi) is 5.93. The third kappa shape index (κ3) is 4.70. The molecule has 1 aromatic rings. The van der Waals surface area contributed by atoms with Gasteiger partial charge >= 0.3 is 0 Å². The molecule has 0 unspecified atom stereocenters. The molecule has 1 aromatic heterocycles. The van der Waals surface area contributed by atoms with Crippen molar-refractivity contribution in [1.29, 1.82) is 0 Å². The molecule has 1 rings (SSSR count). The molecule has 0 radical (unpaired) electrons. The van der Waals surface area contributed by atoms with Crippen LogP contribution in [0.2, 0.25) is 0 Å². The van der Waals surface area contributed by atoms with Crippen molar-refractivity contribution in [2.75, 3.05) is 13.6 Å². The average molecular weight is 255 g/mol. The molecular weight excluding hydrogens is 234 g/mol. The average Bonchev–Trinajstić information content (AvgIpc) is 2.70. The van der Waals surface area contributed by atoms with Gasteiger partial charge in [-0.15, -0.1) is 11.3 Å². The number of hydrogen-bond donors (Lipinski definition) is 2. The normalized spacial score (nSPS) is 11.6. The van der Waals surface area contributed by atoms with Crippen molar-refractivity contribution in [1.82, 2.24) is 15.3 Å². The molecule has 0 saturated carbocycles. The van der Waals surface area contributed by atoms with Crippen molar-refractivity contribution in [3.8, 4) is 0 Å². The zero-order valence-corrected chi connectivity index (χ0v) is 11.5. The van der Waals surface area contributed by atoms with Crippen LogP contribution in [0.5, 0.6) is 0 Å². The van der Waals surface area contributed by atoms with Crippen molar-refractivity contribution in [3.63, 3.8) is 0 Å². The number of hydrazine groups is 1. The van der Waals surface area contributed by atoms with Crippen LogP contribution >= 0.6 is 11.3 Å². The quantitative estimate of drug-likeness (QED) is 0.275. The number of thiazole rings is 1. The molecule has 0 fully saturated rings. The number of aromatic nitrogens is 1. The van der Waals surface area contributed by atoms with E-state index < -0.39 is 0 Å². The number of aryl methyl sites for hydroxylation is 1. The van der Waals surface area contributed by atoms with E-state index in [9.17, 15) is 0 Å². The lowest BCUT2D eigenvalue weighted by Crippen LogP contribution is -2.42. The summed E-state index contributed by atoms with van der Waals surface area (Å²) < 4.78 is 0. The van der Waals surface area contributed by atoms with Crippen LogP contribution in [0.1, 0.15) is 30.5 Å². The molecule has 0 spiro atoms. The molecule has 0 amide bonds. The highest BCUT2D eigenvalue weighted by atomic mass is 32.1. The summed E-state index contributed by atoms with van der Waals surface area (Å²) in [4.78, 5) is 10.8.